The van der Waals surface area contributed by atoms with Gasteiger partial charge in [-0.2, -0.15) is 5.10 Å². The first-order chi connectivity index (χ1) is 16.4. The number of alkyl halides is 1. The SMILES string of the molecule is COCC1CCC(C(=O)N2CCCC[C@H]2c2cc3nc(N4CC[C@H](N)C4)c(C)cn3n2)C(Cl)C1. The quantitative estimate of drug-likeness (QED) is 0.649. The van der Waals surface area contributed by atoms with Gasteiger partial charge in [-0.1, -0.05) is 0 Å². The molecule has 5 rings (SSSR count). The predicted octanol–water partition coefficient (Wildman–Crippen LogP) is 3.30. The van der Waals surface area contributed by atoms with Gasteiger partial charge in [0.2, 0.25) is 5.91 Å². The minimum atomic E-state index is -0.135. The van der Waals surface area contributed by atoms with Crippen LogP contribution in [0, 0.1) is 18.8 Å². The van der Waals surface area contributed by atoms with Crippen LogP contribution in [0.5, 0.6) is 0 Å². The van der Waals surface area contributed by atoms with Gasteiger partial charge in [0.15, 0.2) is 5.65 Å². The predicted molar refractivity (Wildman–Crippen MR) is 133 cm³/mol. The molecule has 0 bridgehead atoms. The molecule has 2 N–H and O–H groups in total. The molecule has 8 nitrogen and oxygen atoms in total. The summed E-state index contributed by atoms with van der Waals surface area (Å²) in [5.74, 6) is 1.49. The molecule has 1 saturated carbocycles. The number of ether oxygens (including phenoxy) is 1. The molecule has 1 amide bonds. The zero-order valence-corrected chi connectivity index (χ0v) is 21.1. The fourth-order valence-corrected chi connectivity index (χ4v) is 6.55. The third-order valence-electron chi connectivity index (χ3n) is 7.88. The fraction of sp³-hybridized carbons (Fsp3) is 0.720. The second-order valence-electron chi connectivity index (χ2n) is 10.4. The van der Waals surface area contributed by atoms with Gasteiger partial charge in [-0.3, -0.25) is 4.79 Å². The lowest BCUT2D eigenvalue weighted by atomic mass is 9.80. The largest absolute Gasteiger partial charge is 0.384 e. The van der Waals surface area contributed by atoms with Crippen LogP contribution < -0.4 is 10.6 Å². The Balaban J connectivity index is 1.37. The van der Waals surface area contributed by atoms with Crippen molar-refractivity contribution in [3.05, 3.63) is 23.5 Å². The zero-order valence-electron chi connectivity index (χ0n) is 20.3. The third-order valence-corrected chi connectivity index (χ3v) is 8.36. The molecule has 1 aliphatic carbocycles. The lowest BCUT2D eigenvalue weighted by Gasteiger charge is -2.40. The van der Waals surface area contributed by atoms with Crippen molar-refractivity contribution in [2.45, 2.75) is 69.3 Å². The summed E-state index contributed by atoms with van der Waals surface area (Å²) in [6, 6.07) is 2.24. The normalized spacial score (nSPS) is 30.3. The Morgan fingerprint density at radius 3 is 2.82 bits per heavy atom. The van der Waals surface area contributed by atoms with Gasteiger partial charge < -0.3 is 20.3 Å². The number of rotatable bonds is 5. The molecule has 2 aromatic heterocycles. The Hall–Kier alpha value is -1.90. The van der Waals surface area contributed by atoms with Crippen molar-refractivity contribution in [3.8, 4) is 0 Å². The van der Waals surface area contributed by atoms with E-state index in [4.69, 9.17) is 32.2 Å². The van der Waals surface area contributed by atoms with Crippen molar-refractivity contribution in [2.75, 3.05) is 38.3 Å². The number of carbonyl (C=O) groups is 1. The second kappa shape index (κ2) is 9.99. The maximum atomic E-state index is 13.7. The van der Waals surface area contributed by atoms with E-state index in [0.29, 0.717) is 5.92 Å². The van der Waals surface area contributed by atoms with Gasteiger partial charge in [-0.15, -0.1) is 11.6 Å². The highest BCUT2D eigenvalue weighted by Gasteiger charge is 2.39. The average Bonchev–Trinajstić information content (AvgIpc) is 3.44. The number of aryl methyl sites for hydroxylation is 1. The molecule has 0 spiro atoms. The molecule has 0 aromatic carbocycles. The smallest absolute Gasteiger partial charge is 0.227 e. The highest BCUT2D eigenvalue weighted by molar-refractivity contribution is 6.22. The van der Waals surface area contributed by atoms with Crippen LogP contribution in [0.1, 0.15) is 62.2 Å². The fourth-order valence-electron chi connectivity index (χ4n) is 6.06. The molecule has 9 heteroatoms. The number of aromatic nitrogens is 3. The number of anilines is 1. The number of likely N-dealkylation sites (tertiary alicyclic amines) is 1. The van der Waals surface area contributed by atoms with Gasteiger partial charge >= 0.3 is 0 Å². The van der Waals surface area contributed by atoms with E-state index < -0.39 is 0 Å². The number of methoxy groups -OCH3 is 1. The van der Waals surface area contributed by atoms with Crippen LogP contribution in [0.25, 0.3) is 5.65 Å². The minimum absolute atomic E-state index is 0.0209. The Kier molecular flexibility index (Phi) is 7.00. The molecular weight excluding hydrogens is 452 g/mol. The molecule has 5 atom stereocenters. The molecule has 3 aliphatic rings. The van der Waals surface area contributed by atoms with Crippen LogP contribution in [0.15, 0.2) is 12.3 Å². The van der Waals surface area contributed by atoms with Gasteiger partial charge in [0.05, 0.1) is 17.7 Å². The number of hydrogen-bond acceptors (Lipinski definition) is 6. The van der Waals surface area contributed by atoms with Gasteiger partial charge in [0, 0.05) is 62.6 Å². The summed E-state index contributed by atoms with van der Waals surface area (Å²) in [4.78, 5) is 22.9. The summed E-state index contributed by atoms with van der Waals surface area (Å²) < 4.78 is 7.18. The minimum Gasteiger partial charge on any atom is -0.384 e. The molecule has 4 heterocycles. The number of hydrogen-bond donors (Lipinski definition) is 1. The molecule has 34 heavy (non-hydrogen) atoms. The van der Waals surface area contributed by atoms with Crippen LogP contribution in [0.4, 0.5) is 5.82 Å². The average molecular weight is 489 g/mol. The number of nitrogens with zero attached hydrogens (tertiary/aromatic N) is 5. The number of piperidine rings is 1. The van der Waals surface area contributed by atoms with E-state index in [1.54, 1.807) is 7.11 Å². The number of halogens is 1. The Labute approximate surface area is 206 Å². The summed E-state index contributed by atoms with van der Waals surface area (Å²) in [6.07, 6.45) is 8.74. The zero-order chi connectivity index (χ0) is 23.8. The van der Waals surface area contributed by atoms with Crippen LogP contribution in [-0.4, -0.2) is 70.2 Å². The van der Waals surface area contributed by atoms with Crippen LogP contribution in [-0.2, 0) is 9.53 Å². The summed E-state index contributed by atoms with van der Waals surface area (Å²) in [6.45, 7) is 5.33. The van der Waals surface area contributed by atoms with Crippen molar-refractivity contribution in [2.24, 2.45) is 17.6 Å². The maximum absolute atomic E-state index is 13.7. The lowest BCUT2D eigenvalue weighted by Crippen LogP contribution is -2.46. The third kappa shape index (κ3) is 4.64. The number of nitrogens with two attached hydrogens (primary N) is 1. The second-order valence-corrected chi connectivity index (χ2v) is 11.0. The molecule has 2 saturated heterocycles. The summed E-state index contributed by atoms with van der Waals surface area (Å²) in [5, 5.41) is 4.75. The van der Waals surface area contributed by atoms with E-state index in [2.05, 4.69) is 22.8 Å². The molecule has 3 fully saturated rings. The standard InChI is InChI=1S/C25H37ClN6O2/c1-16-13-32-23(28-24(16)30-10-8-18(27)14-30)12-21(29-32)22-5-3-4-9-31(22)25(33)19-7-6-17(15-34-2)11-20(19)26/h12-13,17-20,22H,3-11,14-15,27H2,1-2H3/t17?,18-,19?,20?,22-/m0/s1. The van der Waals surface area contributed by atoms with E-state index in [1.165, 1.54) is 0 Å². The molecule has 3 unspecified atom stereocenters. The monoisotopic (exact) mass is 488 g/mol. The first kappa shape index (κ1) is 23.8. The Bertz CT molecular complexity index is 1030. The number of amides is 1. The van der Waals surface area contributed by atoms with E-state index >= 15 is 0 Å². The van der Waals surface area contributed by atoms with Crippen LogP contribution in [0.3, 0.4) is 0 Å². The highest BCUT2D eigenvalue weighted by atomic mass is 35.5. The molecular formula is C25H37ClN6O2. The first-order valence-corrected chi connectivity index (χ1v) is 13.2. The van der Waals surface area contributed by atoms with Gasteiger partial charge in [0.1, 0.15) is 5.82 Å². The van der Waals surface area contributed by atoms with E-state index in [9.17, 15) is 4.79 Å². The Morgan fingerprint density at radius 2 is 2.09 bits per heavy atom. The van der Waals surface area contributed by atoms with Gasteiger partial charge in [-0.25, -0.2) is 9.50 Å². The number of carbonyl (C=O) groups excluding carboxylic acids is 1. The lowest BCUT2D eigenvalue weighted by molar-refractivity contribution is -0.141. The number of fused-ring (bicyclic) bond motifs is 1. The van der Waals surface area contributed by atoms with Crippen molar-refractivity contribution in [1.82, 2.24) is 19.5 Å². The van der Waals surface area contributed by atoms with Gasteiger partial charge in [0.25, 0.3) is 0 Å². The van der Waals surface area contributed by atoms with Crippen molar-refractivity contribution in [3.63, 3.8) is 0 Å². The molecule has 186 valence electrons. The maximum Gasteiger partial charge on any atom is 0.227 e. The van der Waals surface area contributed by atoms with Crippen molar-refractivity contribution < 1.29 is 9.53 Å². The topological polar surface area (TPSA) is 89.0 Å². The summed E-state index contributed by atoms with van der Waals surface area (Å²) in [7, 11) is 1.73. The van der Waals surface area contributed by atoms with Crippen molar-refractivity contribution in [1.29, 1.82) is 0 Å². The van der Waals surface area contributed by atoms with Crippen molar-refractivity contribution >= 4 is 29.0 Å². The Morgan fingerprint density at radius 1 is 1.24 bits per heavy atom. The van der Waals surface area contributed by atoms with Crippen LogP contribution >= 0.6 is 11.6 Å². The highest BCUT2D eigenvalue weighted by Crippen LogP contribution is 2.38. The van der Waals surface area contributed by atoms with E-state index in [-0.39, 0.29) is 29.3 Å². The molecule has 2 aromatic rings. The van der Waals surface area contributed by atoms with Gasteiger partial charge in [-0.05, 0) is 57.8 Å². The first-order valence-electron chi connectivity index (χ1n) is 12.8. The molecule has 0 radical (unpaired) electrons. The van der Waals surface area contributed by atoms with E-state index in [0.717, 1.165) is 93.9 Å². The summed E-state index contributed by atoms with van der Waals surface area (Å²) in [5.41, 5.74) is 8.96. The van der Waals surface area contributed by atoms with E-state index in [1.807, 2.05) is 10.7 Å². The van der Waals surface area contributed by atoms with Crippen LogP contribution in [0.2, 0.25) is 0 Å². The molecule has 2 aliphatic heterocycles. The summed E-state index contributed by atoms with van der Waals surface area (Å²) >= 11 is 6.75.